The fourth-order valence-corrected chi connectivity index (χ4v) is 5.09. The zero-order chi connectivity index (χ0) is 25.7. The molecular formula is C24H37N3O6P. The lowest BCUT2D eigenvalue weighted by atomic mass is 10.0. The maximum atomic E-state index is 13.6. The van der Waals surface area contributed by atoms with Gasteiger partial charge in [0, 0.05) is 12.5 Å². The maximum Gasteiger partial charge on any atom is 0.408 e. The third-order valence-electron chi connectivity index (χ3n) is 6.15. The number of nitrogens with zero attached hydrogens (tertiary/aromatic N) is 1. The van der Waals surface area contributed by atoms with Crippen molar-refractivity contribution in [3.8, 4) is 0 Å². The Kier molecular flexibility index (Phi) is 9.29. The van der Waals surface area contributed by atoms with Gasteiger partial charge in [0.15, 0.2) is 0 Å². The van der Waals surface area contributed by atoms with Gasteiger partial charge in [0.05, 0.1) is 0 Å². The Labute approximate surface area is 203 Å². The molecule has 1 saturated carbocycles. The Bertz CT molecular complexity index is 826. The minimum Gasteiger partial charge on any atom is -0.479 e. The van der Waals surface area contributed by atoms with E-state index in [1.165, 1.54) is 11.0 Å². The molecule has 1 saturated heterocycles. The van der Waals surface area contributed by atoms with Crippen LogP contribution in [0.3, 0.4) is 0 Å². The van der Waals surface area contributed by atoms with Gasteiger partial charge in [0.1, 0.15) is 23.2 Å². The van der Waals surface area contributed by atoms with Gasteiger partial charge in [-0.25, -0.2) is 9.59 Å². The van der Waals surface area contributed by atoms with Crippen molar-refractivity contribution in [2.45, 2.75) is 70.2 Å². The zero-order valence-electron chi connectivity index (χ0n) is 20.4. The number of carbonyl (C=O) groups excluding carboxylic acids is 3. The number of ether oxygens (including phenoxy) is 1. The SMILES string of the molecule is [CH]=C[C@@H]1C[C@]1(NC(=O)[C@@H]1C[C@@H](CC)CN1C(=O)[C@H](CPCC=C)NC(=O)OC(C)(C)C)C(=O)O. The summed E-state index contributed by atoms with van der Waals surface area (Å²) < 4.78 is 5.33. The first-order valence-corrected chi connectivity index (χ1v) is 13.0. The van der Waals surface area contributed by atoms with Crippen molar-refractivity contribution < 1.29 is 29.0 Å². The summed E-state index contributed by atoms with van der Waals surface area (Å²) in [5.74, 6) is -2.40. The van der Waals surface area contributed by atoms with Crippen LogP contribution >= 0.6 is 8.58 Å². The van der Waals surface area contributed by atoms with Crippen LogP contribution in [-0.2, 0) is 19.1 Å². The summed E-state index contributed by atoms with van der Waals surface area (Å²) in [6.45, 7) is 16.8. The van der Waals surface area contributed by atoms with E-state index in [-0.39, 0.29) is 18.2 Å². The lowest BCUT2D eigenvalue weighted by molar-refractivity contribution is -0.145. The van der Waals surface area contributed by atoms with Crippen molar-refractivity contribution in [1.82, 2.24) is 15.5 Å². The molecule has 2 rings (SSSR count). The molecule has 1 heterocycles. The Morgan fingerprint density at radius 2 is 2.03 bits per heavy atom. The first-order chi connectivity index (χ1) is 15.9. The lowest BCUT2D eigenvalue weighted by Gasteiger charge is -2.30. The second-order valence-electron chi connectivity index (χ2n) is 9.93. The van der Waals surface area contributed by atoms with Crippen LogP contribution in [0, 0.1) is 18.4 Å². The van der Waals surface area contributed by atoms with Gasteiger partial charge < -0.3 is 25.4 Å². The molecule has 189 valence electrons. The van der Waals surface area contributed by atoms with Crippen LogP contribution < -0.4 is 10.6 Å². The molecule has 0 aromatic carbocycles. The quantitative estimate of drug-likeness (QED) is 0.230. The number of carboxylic acid groups (broad SMARTS) is 1. The predicted molar refractivity (Wildman–Crippen MR) is 131 cm³/mol. The van der Waals surface area contributed by atoms with Crippen LogP contribution in [-0.4, -0.2) is 76.0 Å². The van der Waals surface area contributed by atoms with Gasteiger partial charge >= 0.3 is 12.1 Å². The first kappa shape index (κ1) is 27.8. The molecular weight excluding hydrogens is 457 g/mol. The number of aliphatic carboxylic acids is 1. The fourth-order valence-electron chi connectivity index (χ4n) is 4.16. The standard InChI is InChI=1S/C24H37N3O6P/c1-7-10-34-14-17(25-22(32)33-23(4,5)6)20(29)27-13-15(8-2)11-18(27)19(28)26-24(21(30)31)12-16(24)9-3/h3,7,9,15-18,34H,1,8,10-14H2,2,4-6H3,(H,25,32)(H,26,28)(H,30,31)/t15-,16-,17+,18+,24-/m1/s1. The van der Waals surface area contributed by atoms with E-state index in [2.05, 4.69) is 17.2 Å². The summed E-state index contributed by atoms with van der Waals surface area (Å²) in [7, 11) is 0.352. The number of rotatable bonds is 11. The van der Waals surface area contributed by atoms with Gasteiger partial charge in [-0.3, -0.25) is 9.59 Å². The number of hydrogen-bond donors (Lipinski definition) is 3. The molecule has 9 nitrogen and oxygen atoms in total. The number of amides is 3. The predicted octanol–water partition coefficient (Wildman–Crippen LogP) is 2.32. The van der Waals surface area contributed by atoms with E-state index in [1.54, 1.807) is 26.8 Å². The average Bonchev–Trinajstić information content (AvgIpc) is 3.29. The summed E-state index contributed by atoms with van der Waals surface area (Å²) in [4.78, 5) is 52.4. The number of allylic oxidation sites excluding steroid dienone is 1. The van der Waals surface area contributed by atoms with Gasteiger partial charge in [-0.15, -0.1) is 15.2 Å². The van der Waals surface area contributed by atoms with Crippen molar-refractivity contribution in [3.05, 3.63) is 25.3 Å². The Hall–Kier alpha value is -2.41. The van der Waals surface area contributed by atoms with Crippen LogP contribution in [0.15, 0.2) is 18.7 Å². The van der Waals surface area contributed by atoms with Crippen LogP contribution in [0.2, 0.25) is 0 Å². The van der Waals surface area contributed by atoms with Crippen LogP contribution in [0.4, 0.5) is 4.79 Å². The van der Waals surface area contributed by atoms with E-state index >= 15 is 0 Å². The van der Waals surface area contributed by atoms with E-state index in [0.29, 0.717) is 33.9 Å². The topological polar surface area (TPSA) is 125 Å². The van der Waals surface area contributed by atoms with Crippen molar-refractivity contribution in [2.75, 3.05) is 18.9 Å². The lowest BCUT2D eigenvalue weighted by Crippen LogP contribution is -2.57. The number of likely N-dealkylation sites (tertiary alicyclic amines) is 1. The summed E-state index contributed by atoms with van der Waals surface area (Å²) in [6, 6.07) is -1.68. The highest BCUT2D eigenvalue weighted by Crippen LogP contribution is 2.45. The van der Waals surface area contributed by atoms with Crippen molar-refractivity contribution in [1.29, 1.82) is 0 Å². The molecule has 34 heavy (non-hydrogen) atoms. The first-order valence-electron chi connectivity index (χ1n) is 11.6. The Morgan fingerprint density at radius 3 is 2.53 bits per heavy atom. The largest absolute Gasteiger partial charge is 0.479 e. The minimum atomic E-state index is -1.43. The van der Waals surface area contributed by atoms with E-state index in [4.69, 9.17) is 11.3 Å². The molecule has 2 aliphatic rings. The number of carbonyl (C=O) groups is 4. The number of nitrogens with one attached hydrogen (secondary N) is 2. The molecule has 2 fully saturated rings. The highest BCUT2D eigenvalue weighted by molar-refractivity contribution is 7.38. The molecule has 3 N–H and O–H groups in total. The van der Waals surface area contributed by atoms with Crippen molar-refractivity contribution >= 4 is 32.5 Å². The van der Waals surface area contributed by atoms with E-state index in [9.17, 15) is 24.3 Å². The number of alkyl carbamates (subject to hydrolysis) is 1. The minimum absolute atomic E-state index is 0.0920. The molecule has 1 radical (unpaired) electrons. The van der Waals surface area contributed by atoms with E-state index < -0.39 is 47.1 Å². The molecule has 0 bridgehead atoms. The molecule has 1 aliphatic heterocycles. The highest BCUT2D eigenvalue weighted by Gasteiger charge is 2.61. The second-order valence-corrected chi connectivity index (χ2v) is 11.2. The Balaban J connectivity index is 2.21. The molecule has 6 atom stereocenters. The van der Waals surface area contributed by atoms with Crippen molar-refractivity contribution in [2.24, 2.45) is 11.8 Å². The summed E-state index contributed by atoms with van der Waals surface area (Å²) in [5, 5.41) is 14.9. The molecule has 0 aromatic heterocycles. The van der Waals surface area contributed by atoms with E-state index in [0.717, 1.165) is 6.42 Å². The molecule has 10 heteroatoms. The van der Waals surface area contributed by atoms with Gasteiger partial charge in [-0.05, 0) is 51.9 Å². The zero-order valence-corrected chi connectivity index (χ0v) is 21.4. The Morgan fingerprint density at radius 1 is 1.35 bits per heavy atom. The van der Waals surface area contributed by atoms with Crippen LogP contribution in [0.5, 0.6) is 0 Å². The molecule has 3 amide bonds. The van der Waals surface area contributed by atoms with Gasteiger partial charge in [-0.2, -0.15) is 0 Å². The van der Waals surface area contributed by atoms with Gasteiger partial charge in [-0.1, -0.05) is 32.1 Å². The highest BCUT2D eigenvalue weighted by atomic mass is 31.1. The summed E-state index contributed by atoms with van der Waals surface area (Å²) in [6.07, 6.45) is 4.81. The number of carboxylic acids is 1. The van der Waals surface area contributed by atoms with Crippen LogP contribution in [0.25, 0.3) is 0 Å². The molecule has 1 unspecified atom stereocenters. The summed E-state index contributed by atoms with van der Waals surface area (Å²) >= 11 is 0. The van der Waals surface area contributed by atoms with Gasteiger partial charge in [0.25, 0.3) is 0 Å². The van der Waals surface area contributed by atoms with Crippen LogP contribution in [0.1, 0.15) is 47.0 Å². The third kappa shape index (κ3) is 6.81. The normalized spacial score (nSPS) is 27.2. The summed E-state index contributed by atoms with van der Waals surface area (Å²) in [5.41, 5.74) is -2.15. The average molecular weight is 495 g/mol. The smallest absolute Gasteiger partial charge is 0.408 e. The molecule has 0 spiro atoms. The second kappa shape index (κ2) is 11.3. The molecule has 1 aliphatic carbocycles. The van der Waals surface area contributed by atoms with E-state index in [1.807, 2.05) is 6.92 Å². The van der Waals surface area contributed by atoms with Crippen molar-refractivity contribution in [3.63, 3.8) is 0 Å². The molecule has 0 aromatic rings. The third-order valence-corrected chi connectivity index (χ3v) is 7.43. The maximum absolute atomic E-state index is 13.6. The number of hydrogen-bond acceptors (Lipinski definition) is 5. The fraction of sp³-hybridized carbons (Fsp3) is 0.667. The van der Waals surface area contributed by atoms with Gasteiger partial charge in [0.2, 0.25) is 11.8 Å². The monoisotopic (exact) mass is 494 g/mol.